The molecule has 0 unspecified atom stereocenters. The van der Waals surface area contributed by atoms with Gasteiger partial charge in [-0.2, -0.15) is 0 Å². The number of carbonyl (C=O) groups excluding carboxylic acids is 1. The van der Waals surface area contributed by atoms with Crippen molar-refractivity contribution in [2.24, 2.45) is 0 Å². The summed E-state index contributed by atoms with van der Waals surface area (Å²) in [6, 6.07) is 30.0. The molecular formula is C29H34FNO3Si. The van der Waals surface area contributed by atoms with Gasteiger partial charge in [-0.3, -0.25) is 0 Å². The molecular weight excluding hydrogens is 457 g/mol. The van der Waals surface area contributed by atoms with E-state index in [1.807, 2.05) is 66.7 Å². The molecule has 0 bridgehead atoms. The van der Waals surface area contributed by atoms with Crippen molar-refractivity contribution in [2.75, 3.05) is 13.1 Å². The van der Waals surface area contributed by atoms with Gasteiger partial charge in [0.15, 0.2) is 0 Å². The fourth-order valence-corrected chi connectivity index (χ4v) is 9.65. The van der Waals surface area contributed by atoms with Crippen molar-refractivity contribution in [3.05, 3.63) is 96.6 Å². The number of alkyl halides is 1. The first-order valence-corrected chi connectivity index (χ1v) is 14.1. The van der Waals surface area contributed by atoms with E-state index in [0.29, 0.717) is 13.0 Å². The van der Waals surface area contributed by atoms with Crippen molar-refractivity contribution in [3.8, 4) is 0 Å². The van der Waals surface area contributed by atoms with Crippen molar-refractivity contribution < 1.29 is 18.3 Å². The minimum Gasteiger partial charge on any atom is -0.445 e. The highest BCUT2D eigenvalue weighted by Crippen LogP contribution is 2.39. The average molecular weight is 492 g/mol. The molecule has 3 aromatic rings. The highest BCUT2D eigenvalue weighted by atomic mass is 28.4. The van der Waals surface area contributed by atoms with Crippen molar-refractivity contribution >= 4 is 24.8 Å². The lowest BCUT2D eigenvalue weighted by molar-refractivity contribution is 0.0103. The summed E-state index contributed by atoms with van der Waals surface area (Å²) in [4.78, 5) is 14.1. The van der Waals surface area contributed by atoms with Crippen LogP contribution >= 0.6 is 0 Å². The molecule has 3 aromatic carbocycles. The number of hydrogen-bond acceptors (Lipinski definition) is 3. The summed E-state index contributed by atoms with van der Waals surface area (Å²) < 4.78 is 28.0. The van der Waals surface area contributed by atoms with Gasteiger partial charge < -0.3 is 14.1 Å². The van der Waals surface area contributed by atoms with E-state index in [1.165, 1.54) is 4.90 Å². The standard InChI is InChI=1S/C29H34FNO3Si/c1-29(2,3)35(24-15-9-5-10-16-24,25-17-11-6-12-18-25)34-27-19-20-31(21-26(27)30)28(32)33-22-23-13-7-4-8-14-23/h4-18,26-27H,19-22H2,1-3H3/t26-,27+/m1/s1. The smallest absolute Gasteiger partial charge is 0.410 e. The Labute approximate surface area is 208 Å². The van der Waals surface area contributed by atoms with E-state index in [0.717, 1.165) is 15.9 Å². The minimum absolute atomic E-state index is 0.0313. The Balaban J connectivity index is 1.53. The topological polar surface area (TPSA) is 38.8 Å². The number of halogens is 1. The second kappa shape index (κ2) is 10.8. The lowest BCUT2D eigenvalue weighted by atomic mass is 10.1. The van der Waals surface area contributed by atoms with Gasteiger partial charge in [-0.25, -0.2) is 9.18 Å². The van der Waals surface area contributed by atoms with Crippen LogP contribution in [-0.4, -0.2) is 44.7 Å². The van der Waals surface area contributed by atoms with E-state index >= 15 is 4.39 Å². The van der Waals surface area contributed by atoms with Crippen LogP contribution in [0.4, 0.5) is 9.18 Å². The number of ether oxygens (including phenoxy) is 1. The van der Waals surface area contributed by atoms with Gasteiger partial charge in [-0.05, 0) is 27.4 Å². The first-order chi connectivity index (χ1) is 16.8. The van der Waals surface area contributed by atoms with E-state index in [-0.39, 0.29) is 18.2 Å². The molecule has 184 valence electrons. The van der Waals surface area contributed by atoms with Crippen LogP contribution in [0.1, 0.15) is 32.8 Å². The van der Waals surface area contributed by atoms with Crippen LogP contribution in [0, 0.1) is 0 Å². The Morgan fingerprint density at radius 3 is 1.91 bits per heavy atom. The summed E-state index contributed by atoms with van der Waals surface area (Å²) in [5, 5.41) is 2.01. The van der Waals surface area contributed by atoms with Crippen LogP contribution in [0.25, 0.3) is 0 Å². The zero-order valence-corrected chi connectivity index (χ0v) is 21.7. The number of amides is 1. The largest absolute Gasteiger partial charge is 0.445 e. The van der Waals surface area contributed by atoms with Crippen molar-refractivity contribution in [1.82, 2.24) is 4.90 Å². The monoisotopic (exact) mass is 491 g/mol. The second-order valence-electron chi connectivity index (χ2n) is 10.1. The summed E-state index contributed by atoms with van der Waals surface area (Å²) in [5.74, 6) is 0. The molecule has 35 heavy (non-hydrogen) atoms. The van der Waals surface area contributed by atoms with Crippen LogP contribution in [-0.2, 0) is 15.8 Å². The van der Waals surface area contributed by atoms with Crippen LogP contribution in [0.2, 0.25) is 5.04 Å². The average Bonchev–Trinajstić information content (AvgIpc) is 2.87. The molecule has 0 saturated carbocycles. The molecule has 6 heteroatoms. The normalized spacial score (nSPS) is 18.8. The predicted molar refractivity (Wildman–Crippen MR) is 140 cm³/mol. The lowest BCUT2D eigenvalue weighted by Crippen LogP contribution is -2.69. The quantitative estimate of drug-likeness (QED) is 0.439. The van der Waals surface area contributed by atoms with Crippen molar-refractivity contribution in [1.29, 1.82) is 0 Å². The molecule has 1 heterocycles. The summed E-state index contributed by atoms with van der Waals surface area (Å²) in [6.45, 7) is 7.09. The molecule has 0 spiro atoms. The van der Waals surface area contributed by atoms with E-state index in [9.17, 15) is 4.79 Å². The fourth-order valence-electron chi connectivity index (χ4n) is 4.91. The molecule has 0 radical (unpaired) electrons. The number of nitrogens with zero attached hydrogens (tertiary/aromatic N) is 1. The fraction of sp³-hybridized carbons (Fsp3) is 0.345. The molecule has 0 aromatic heterocycles. The maximum atomic E-state index is 15.6. The third-order valence-corrected chi connectivity index (χ3v) is 11.8. The maximum Gasteiger partial charge on any atom is 0.410 e. The highest BCUT2D eigenvalue weighted by molar-refractivity contribution is 6.99. The van der Waals surface area contributed by atoms with Crippen LogP contribution in [0.3, 0.4) is 0 Å². The molecule has 1 amide bonds. The minimum atomic E-state index is -2.86. The summed E-state index contributed by atoms with van der Waals surface area (Å²) >= 11 is 0. The molecule has 2 atom stereocenters. The predicted octanol–water partition coefficient (Wildman–Crippen LogP) is 5.31. The van der Waals surface area contributed by atoms with Crippen LogP contribution < -0.4 is 10.4 Å². The van der Waals surface area contributed by atoms with Crippen LogP contribution in [0.5, 0.6) is 0 Å². The van der Waals surface area contributed by atoms with Gasteiger partial charge in [0, 0.05) is 6.54 Å². The van der Waals surface area contributed by atoms with E-state index < -0.39 is 26.7 Å². The number of rotatable bonds is 6. The summed E-state index contributed by atoms with van der Waals surface area (Å²) in [7, 11) is -2.86. The highest BCUT2D eigenvalue weighted by Gasteiger charge is 2.52. The number of carbonyl (C=O) groups is 1. The molecule has 1 fully saturated rings. The first kappa shape index (κ1) is 25.1. The molecule has 0 N–H and O–H groups in total. The molecule has 4 rings (SSSR count). The number of likely N-dealkylation sites (tertiary alicyclic amines) is 1. The Hall–Kier alpha value is -2.96. The van der Waals surface area contributed by atoms with Crippen molar-refractivity contribution in [3.63, 3.8) is 0 Å². The Morgan fingerprint density at radius 1 is 0.914 bits per heavy atom. The Kier molecular flexibility index (Phi) is 7.72. The number of benzene rings is 3. The van der Waals surface area contributed by atoms with E-state index in [4.69, 9.17) is 9.16 Å². The van der Waals surface area contributed by atoms with Gasteiger partial charge in [0.25, 0.3) is 8.32 Å². The van der Waals surface area contributed by atoms with Gasteiger partial charge in [-0.1, -0.05) is 112 Å². The van der Waals surface area contributed by atoms with Crippen molar-refractivity contribution in [2.45, 2.75) is 51.1 Å². The Morgan fingerprint density at radius 2 is 1.43 bits per heavy atom. The Bertz CT molecular complexity index is 1050. The van der Waals surface area contributed by atoms with E-state index in [1.54, 1.807) is 0 Å². The summed E-state index contributed by atoms with van der Waals surface area (Å²) in [5.41, 5.74) is 0.905. The van der Waals surface area contributed by atoms with Gasteiger partial charge in [0.1, 0.15) is 12.8 Å². The third kappa shape index (κ3) is 5.49. The van der Waals surface area contributed by atoms with Gasteiger partial charge in [0.05, 0.1) is 12.6 Å². The van der Waals surface area contributed by atoms with Gasteiger partial charge in [-0.15, -0.1) is 0 Å². The molecule has 4 nitrogen and oxygen atoms in total. The maximum absolute atomic E-state index is 15.6. The van der Waals surface area contributed by atoms with E-state index in [2.05, 4.69) is 45.0 Å². The zero-order chi connectivity index (χ0) is 24.9. The SMILES string of the molecule is CC(C)(C)[Si](O[C@H]1CCN(C(=O)OCc2ccccc2)C[C@H]1F)(c1ccccc1)c1ccccc1. The third-order valence-electron chi connectivity index (χ3n) is 6.69. The van der Waals surface area contributed by atoms with Gasteiger partial charge >= 0.3 is 6.09 Å². The molecule has 1 saturated heterocycles. The molecule has 1 aliphatic rings. The van der Waals surface area contributed by atoms with Gasteiger partial charge in [0.2, 0.25) is 0 Å². The molecule has 1 aliphatic heterocycles. The lowest BCUT2D eigenvalue weighted by Gasteiger charge is -2.47. The number of piperidine rings is 1. The van der Waals surface area contributed by atoms with Crippen LogP contribution in [0.15, 0.2) is 91.0 Å². The zero-order valence-electron chi connectivity index (χ0n) is 20.7. The summed E-state index contributed by atoms with van der Waals surface area (Å²) in [6.07, 6.45) is -1.96. The molecule has 0 aliphatic carbocycles. The first-order valence-electron chi connectivity index (χ1n) is 12.2. The number of hydrogen-bond donors (Lipinski definition) is 0. The second-order valence-corrected chi connectivity index (χ2v) is 14.4.